The molecule has 1 aliphatic heterocycles. The summed E-state index contributed by atoms with van der Waals surface area (Å²) in [7, 11) is 1.65. The first-order chi connectivity index (χ1) is 11.8. The van der Waals surface area contributed by atoms with Gasteiger partial charge in [-0.3, -0.25) is 4.90 Å². The second kappa shape index (κ2) is 7.68. The second-order valence-electron chi connectivity index (χ2n) is 5.74. The Balaban J connectivity index is 1.57. The smallest absolute Gasteiger partial charge is 0.410 e. The molecule has 1 atom stereocenters. The second-order valence-corrected chi connectivity index (χ2v) is 5.74. The molecule has 24 heavy (non-hydrogen) atoms. The molecule has 0 aromatic heterocycles. The van der Waals surface area contributed by atoms with Crippen LogP contribution in [0.5, 0.6) is 5.75 Å². The normalized spacial score (nSPS) is 16.2. The zero-order valence-electron chi connectivity index (χ0n) is 13.7. The number of methoxy groups -OCH3 is 1. The van der Waals surface area contributed by atoms with Crippen LogP contribution in [0.4, 0.5) is 4.79 Å². The fourth-order valence-corrected chi connectivity index (χ4v) is 2.76. The van der Waals surface area contributed by atoms with Gasteiger partial charge >= 0.3 is 6.09 Å². The summed E-state index contributed by atoms with van der Waals surface area (Å²) in [5.74, 6) is 0.833. The molecule has 0 aliphatic carbocycles. The van der Waals surface area contributed by atoms with Gasteiger partial charge in [0, 0.05) is 6.54 Å². The molecule has 0 radical (unpaired) electrons. The van der Waals surface area contributed by atoms with Crippen molar-refractivity contribution >= 4 is 6.09 Å². The largest absolute Gasteiger partial charge is 0.497 e. The lowest BCUT2D eigenvalue weighted by Crippen LogP contribution is -2.37. The fourth-order valence-electron chi connectivity index (χ4n) is 2.76. The van der Waals surface area contributed by atoms with Gasteiger partial charge in [-0.25, -0.2) is 4.79 Å². The van der Waals surface area contributed by atoms with Crippen molar-refractivity contribution in [3.8, 4) is 5.75 Å². The Hall–Kier alpha value is -2.75. The topological polar surface area (TPSA) is 38.8 Å². The van der Waals surface area contributed by atoms with Gasteiger partial charge in [-0.05, 0) is 29.7 Å². The number of hydrogen-bond donors (Lipinski definition) is 0. The summed E-state index contributed by atoms with van der Waals surface area (Å²) >= 11 is 0. The lowest BCUT2D eigenvalue weighted by atomic mass is 10.1. The Kier molecular flexibility index (Phi) is 5.16. The number of hydrogen-bond acceptors (Lipinski definition) is 3. The molecule has 0 fully saturated rings. The van der Waals surface area contributed by atoms with Crippen molar-refractivity contribution in [1.29, 1.82) is 0 Å². The first kappa shape index (κ1) is 16.1. The summed E-state index contributed by atoms with van der Waals surface area (Å²) in [6.07, 6.45) is 4.56. The summed E-state index contributed by atoms with van der Waals surface area (Å²) < 4.78 is 10.6. The maximum absolute atomic E-state index is 12.4. The molecule has 124 valence electrons. The highest BCUT2D eigenvalue weighted by Crippen LogP contribution is 2.19. The van der Waals surface area contributed by atoms with E-state index in [0.717, 1.165) is 23.3 Å². The maximum atomic E-state index is 12.4. The van der Waals surface area contributed by atoms with E-state index in [1.165, 1.54) is 0 Å². The Morgan fingerprint density at radius 3 is 2.54 bits per heavy atom. The summed E-state index contributed by atoms with van der Waals surface area (Å²) in [6.45, 7) is 0.889. The molecule has 0 N–H and O–H groups in total. The van der Waals surface area contributed by atoms with E-state index in [0.29, 0.717) is 13.2 Å². The maximum Gasteiger partial charge on any atom is 0.410 e. The van der Waals surface area contributed by atoms with Gasteiger partial charge in [0.1, 0.15) is 12.4 Å². The van der Waals surface area contributed by atoms with Crippen LogP contribution >= 0.6 is 0 Å². The molecule has 1 aliphatic rings. The number of rotatable bonds is 5. The molecule has 2 aromatic carbocycles. The first-order valence-corrected chi connectivity index (χ1v) is 8.03. The van der Waals surface area contributed by atoms with E-state index in [1.807, 2.05) is 60.7 Å². The standard InChI is InChI=1S/C20H21NO3/c1-23-19-11-9-16(10-12-19)14-18-8-5-13-21(18)20(22)24-15-17-6-3-2-4-7-17/h2-12,18H,13-15H2,1H3/t18-/m0/s1. The first-order valence-electron chi connectivity index (χ1n) is 8.03. The van der Waals surface area contributed by atoms with Gasteiger partial charge in [0.2, 0.25) is 0 Å². The summed E-state index contributed by atoms with van der Waals surface area (Å²) in [6, 6.07) is 17.7. The van der Waals surface area contributed by atoms with Gasteiger partial charge in [0.15, 0.2) is 0 Å². The third kappa shape index (κ3) is 3.96. The van der Waals surface area contributed by atoms with Crippen LogP contribution in [-0.4, -0.2) is 30.7 Å². The lowest BCUT2D eigenvalue weighted by molar-refractivity contribution is 0.0950. The highest BCUT2D eigenvalue weighted by molar-refractivity contribution is 5.69. The minimum Gasteiger partial charge on any atom is -0.497 e. The summed E-state index contributed by atoms with van der Waals surface area (Å²) in [5, 5.41) is 0. The minimum atomic E-state index is -0.276. The van der Waals surface area contributed by atoms with Crippen molar-refractivity contribution in [1.82, 2.24) is 4.90 Å². The predicted octanol–water partition coefficient (Wildman–Crippen LogP) is 3.81. The number of benzene rings is 2. The molecule has 0 spiro atoms. The van der Waals surface area contributed by atoms with Crippen LogP contribution in [0.1, 0.15) is 11.1 Å². The number of carbonyl (C=O) groups is 1. The van der Waals surface area contributed by atoms with Crippen LogP contribution < -0.4 is 4.74 Å². The van der Waals surface area contributed by atoms with Crippen molar-refractivity contribution in [2.45, 2.75) is 19.1 Å². The molecule has 2 aromatic rings. The Labute approximate surface area is 142 Å². The molecule has 4 nitrogen and oxygen atoms in total. The number of amides is 1. The quantitative estimate of drug-likeness (QED) is 0.785. The molecule has 0 saturated carbocycles. The molecule has 0 bridgehead atoms. The molecule has 4 heteroatoms. The van der Waals surface area contributed by atoms with Gasteiger partial charge < -0.3 is 9.47 Å². The van der Waals surface area contributed by atoms with Gasteiger partial charge in [0.25, 0.3) is 0 Å². The summed E-state index contributed by atoms with van der Waals surface area (Å²) in [5.41, 5.74) is 2.15. The van der Waals surface area contributed by atoms with Gasteiger partial charge in [-0.2, -0.15) is 0 Å². The van der Waals surface area contributed by atoms with Crippen molar-refractivity contribution in [3.05, 3.63) is 77.9 Å². The average molecular weight is 323 g/mol. The number of carbonyl (C=O) groups excluding carboxylic acids is 1. The molecular formula is C20H21NO3. The highest BCUT2D eigenvalue weighted by Gasteiger charge is 2.26. The molecule has 1 amide bonds. The molecule has 1 heterocycles. The van der Waals surface area contributed by atoms with Crippen molar-refractivity contribution in [2.75, 3.05) is 13.7 Å². The van der Waals surface area contributed by atoms with E-state index in [4.69, 9.17) is 9.47 Å². The third-order valence-electron chi connectivity index (χ3n) is 4.10. The van der Waals surface area contributed by atoms with Crippen LogP contribution in [0.25, 0.3) is 0 Å². The number of nitrogens with zero attached hydrogens (tertiary/aromatic N) is 1. The van der Waals surface area contributed by atoms with Crippen LogP contribution in [0.15, 0.2) is 66.7 Å². The third-order valence-corrected chi connectivity index (χ3v) is 4.10. The molecule has 0 saturated heterocycles. The van der Waals surface area contributed by atoms with E-state index >= 15 is 0 Å². The van der Waals surface area contributed by atoms with Crippen molar-refractivity contribution in [3.63, 3.8) is 0 Å². The molecular weight excluding hydrogens is 302 g/mol. The molecule has 0 unspecified atom stereocenters. The molecule has 3 rings (SSSR count). The Morgan fingerprint density at radius 1 is 1.08 bits per heavy atom. The van der Waals surface area contributed by atoms with E-state index in [9.17, 15) is 4.79 Å². The zero-order valence-corrected chi connectivity index (χ0v) is 13.7. The number of ether oxygens (including phenoxy) is 2. The SMILES string of the molecule is COc1ccc(C[C@@H]2C=CCN2C(=O)OCc2ccccc2)cc1. The van der Waals surface area contributed by atoms with Crippen LogP contribution in [0.3, 0.4) is 0 Å². The van der Waals surface area contributed by atoms with E-state index < -0.39 is 0 Å². The van der Waals surface area contributed by atoms with Crippen LogP contribution in [0, 0.1) is 0 Å². The van der Waals surface area contributed by atoms with Crippen molar-refractivity contribution < 1.29 is 14.3 Å². The average Bonchev–Trinajstić information content (AvgIpc) is 3.09. The highest BCUT2D eigenvalue weighted by atomic mass is 16.6. The van der Waals surface area contributed by atoms with Crippen LogP contribution in [-0.2, 0) is 17.8 Å². The fraction of sp³-hybridized carbons (Fsp3) is 0.250. The van der Waals surface area contributed by atoms with E-state index in [2.05, 4.69) is 6.08 Å². The van der Waals surface area contributed by atoms with Gasteiger partial charge in [-0.15, -0.1) is 0 Å². The van der Waals surface area contributed by atoms with Crippen LogP contribution in [0.2, 0.25) is 0 Å². The van der Waals surface area contributed by atoms with Gasteiger partial charge in [0.05, 0.1) is 13.2 Å². The van der Waals surface area contributed by atoms with E-state index in [1.54, 1.807) is 12.0 Å². The zero-order chi connectivity index (χ0) is 16.8. The predicted molar refractivity (Wildman–Crippen MR) is 93.0 cm³/mol. The Bertz CT molecular complexity index is 695. The monoisotopic (exact) mass is 323 g/mol. The Morgan fingerprint density at radius 2 is 1.83 bits per heavy atom. The van der Waals surface area contributed by atoms with E-state index in [-0.39, 0.29) is 12.1 Å². The van der Waals surface area contributed by atoms with Gasteiger partial charge in [-0.1, -0.05) is 54.6 Å². The lowest BCUT2D eigenvalue weighted by Gasteiger charge is -2.24. The summed E-state index contributed by atoms with van der Waals surface area (Å²) in [4.78, 5) is 14.1. The van der Waals surface area contributed by atoms with Crippen molar-refractivity contribution in [2.24, 2.45) is 0 Å². The minimum absolute atomic E-state index is 0.0293.